The first-order chi connectivity index (χ1) is 9.92. The van der Waals surface area contributed by atoms with E-state index in [1.165, 1.54) is 31.1 Å². The third-order valence-electron chi connectivity index (χ3n) is 3.09. The molecule has 0 spiro atoms. The van der Waals surface area contributed by atoms with Crippen LogP contribution < -0.4 is 4.90 Å². The van der Waals surface area contributed by atoms with E-state index < -0.39 is 11.8 Å². The second-order valence-electron chi connectivity index (χ2n) is 4.60. The molecule has 1 aliphatic rings. The Balaban J connectivity index is 2.19. The number of nitrogens with zero attached hydrogens (tertiary/aromatic N) is 1. The fourth-order valence-electron chi connectivity index (χ4n) is 2.19. The number of hydrogen-bond donors (Lipinski definition) is 0. The number of amides is 1. The maximum absolute atomic E-state index is 13.9. The number of esters is 1. The van der Waals surface area contributed by atoms with E-state index in [0.29, 0.717) is 12.2 Å². The molecular formula is C14H14FNO4S. The number of anilines is 1. The van der Waals surface area contributed by atoms with Crippen LogP contribution in [0.1, 0.15) is 23.7 Å². The van der Waals surface area contributed by atoms with Crippen molar-refractivity contribution < 1.29 is 23.5 Å². The summed E-state index contributed by atoms with van der Waals surface area (Å²) < 4.78 is 18.3. The van der Waals surface area contributed by atoms with Gasteiger partial charge in [0.05, 0.1) is 12.7 Å². The van der Waals surface area contributed by atoms with Gasteiger partial charge in [-0.15, -0.1) is 0 Å². The van der Waals surface area contributed by atoms with Gasteiger partial charge >= 0.3 is 5.97 Å². The Morgan fingerprint density at radius 2 is 2.14 bits per heavy atom. The quantitative estimate of drug-likeness (QED) is 0.799. The van der Waals surface area contributed by atoms with Crippen molar-refractivity contribution in [2.75, 3.05) is 18.6 Å². The molecule has 7 heteroatoms. The van der Waals surface area contributed by atoms with Crippen molar-refractivity contribution in [2.45, 2.75) is 18.6 Å². The molecule has 0 N–H and O–H groups in total. The molecule has 1 fully saturated rings. The number of halogens is 1. The maximum Gasteiger partial charge on any atom is 0.340 e. The monoisotopic (exact) mass is 311 g/mol. The summed E-state index contributed by atoms with van der Waals surface area (Å²) in [6.07, 6.45) is 0.241. The molecule has 1 saturated heterocycles. The second kappa shape index (κ2) is 6.26. The van der Waals surface area contributed by atoms with E-state index in [1.54, 1.807) is 0 Å². The van der Waals surface area contributed by atoms with Gasteiger partial charge in [-0.2, -0.15) is 0 Å². The molecule has 1 aromatic rings. The lowest BCUT2D eigenvalue weighted by Gasteiger charge is -2.17. The summed E-state index contributed by atoms with van der Waals surface area (Å²) in [5, 5.41) is -0.180. The van der Waals surface area contributed by atoms with Gasteiger partial charge in [0, 0.05) is 30.8 Å². The number of methoxy groups -OCH3 is 1. The third kappa shape index (κ3) is 3.41. The summed E-state index contributed by atoms with van der Waals surface area (Å²) >= 11 is 1.11. The van der Waals surface area contributed by atoms with Crippen molar-refractivity contribution in [2.24, 2.45) is 0 Å². The SMILES string of the molecule is COC(=O)c1ccc(N2CC(SC(C)=O)CC2=O)cc1F. The topological polar surface area (TPSA) is 63.7 Å². The Kier molecular flexibility index (Phi) is 4.62. The number of ether oxygens (including phenoxy) is 1. The van der Waals surface area contributed by atoms with Gasteiger partial charge in [-0.25, -0.2) is 9.18 Å². The van der Waals surface area contributed by atoms with Gasteiger partial charge in [-0.1, -0.05) is 11.8 Å². The Morgan fingerprint density at radius 1 is 1.43 bits per heavy atom. The average Bonchev–Trinajstić information content (AvgIpc) is 2.77. The highest BCUT2D eigenvalue weighted by molar-refractivity contribution is 8.14. The number of carbonyl (C=O) groups is 3. The van der Waals surface area contributed by atoms with Crippen molar-refractivity contribution in [1.82, 2.24) is 0 Å². The molecule has 1 atom stereocenters. The van der Waals surface area contributed by atoms with Gasteiger partial charge in [-0.05, 0) is 18.2 Å². The minimum atomic E-state index is -0.767. The molecule has 21 heavy (non-hydrogen) atoms. The lowest BCUT2D eigenvalue weighted by molar-refractivity contribution is -0.117. The van der Waals surface area contributed by atoms with E-state index in [1.807, 2.05) is 0 Å². The van der Waals surface area contributed by atoms with Crippen LogP contribution in [0.4, 0.5) is 10.1 Å². The van der Waals surface area contributed by atoms with Gasteiger partial charge in [-0.3, -0.25) is 9.59 Å². The number of thioether (sulfide) groups is 1. The molecule has 1 aliphatic heterocycles. The zero-order valence-corrected chi connectivity index (χ0v) is 12.4. The highest BCUT2D eigenvalue weighted by Crippen LogP contribution is 2.29. The van der Waals surface area contributed by atoms with Crippen LogP contribution >= 0.6 is 11.8 Å². The summed E-state index contributed by atoms with van der Waals surface area (Å²) in [6, 6.07) is 3.91. The van der Waals surface area contributed by atoms with Gasteiger partial charge in [0.2, 0.25) is 5.91 Å². The first kappa shape index (κ1) is 15.5. The standard InChI is InChI=1S/C14H14FNO4S/c1-8(17)21-10-6-13(18)16(7-10)9-3-4-11(12(15)5-9)14(19)20-2/h3-5,10H,6-7H2,1-2H3. The van der Waals surface area contributed by atoms with Gasteiger partial charge in [0.15, 0.2) is 5.12 Å². The molecule has 1 aromatic carbocycles. The molecular weight excluding hydrogens is 297 g/mol. The highest BCUT2D eigenvalue weighted by atomic mass is 32.2. The smallest absolute Gasteiger partial charge is 0.340 e. The lowest BCUT2D eigenvalue weighted by Crippen LogP contribution is -2.25. The van der Waals surface area contributed by atoms with E-state index in [9.17, 15) is 18.8 Å². The Labute approximate surface area is 125 Å². The van der Waals surface area contributed by atoms with Gasteiger partial charge < -0.3 is 9.64 Å². The maximum atomic E-state index is 13.9. The fourth-order valence-corrected chi connectivity index (χ4v) is 3.10. The van der Waals surface area contributed by atoms with Crippen LogP contribution in [0, 0.1) is 5.82 Å². The summed E-state index contributed by atoms with van der Waals surface area (Å²) in [4.78, 5) is 35.8. The van der Waals surface area contributed by atoms with Crippen molar-refractivity contribution >= 4 is 34.4 Å². The number of carbonyl (C=O) groups excluding carboxylic acids is 3. The Hall–Kier alpha value is -1.89. The molecule has 0 bridgehead atoms. The van der Waals surface area contributed by atoms with Crippen LogP contribution in [0.15, 0.2) is 18.2 Å². The van der Waals surface area contributed by atoms with Crippen molar-refractivity contribution in [3.8, 4) is 0 Å². The zero-order chi connectivity index (χ0) is 15.6. The van der Waals surface area contributed by atoms with Crippen LogP contribution in [0.2, 0.25) is 0 Å². The summed E-state index contributed by atoms with van der Waals surface area (Å²) in [6.45, 7) is 1.79. The average molecular weight is 311 g/mol. The number of rotatable bonds is 3. The third-order valence-corrected chi connectivity index (χ3v) is 4.07. The minimum Gasteiger partial charge on any atom is -0.465 e. The highest BCUT2D eigenvalue weighted by Gasteiger charge is 2.32. The van der Waals surface area contributed by atoms with E-state index in [4.69, 9.17) is 0 Å². The van der Waals surface area contributed by atoms with Crippen LogP contribution in [0.5, 0.6) is 0 Å². The van der Waals surface area contributed by atoms with E-state index >= 15 is 0 Å². The molecule has 1 unspecified atom stereocenters. The fraction of sp³-hybridized carbons (Fsp3) is 0.357. The molecule has 5 nitrogen and oxygen atoms in total. The Morgan fingerprint density at radius 3 is 2.71 bits per heavy atom. The number of benzene rings is 1. The molecule has 0 radical (unpaired) electrons. The first-order valence-corrected chi connectivity index (χ1v) is 7.15. The molecule has 1 amide bonds. The van der Waals surface area contributed by atoms with E-state index in [0.717, 1.165) is 17.8 Å². The molecule has 112 valence electrons. The normalized spacial score (nSPS) is 18.0. The van der Waals surface area contributed by atoms with Gasteiger partial charge in [0.1, 0.15) is 5.82 Å². The van der Waals surface area contributed by atoms with E-state index in [-0.39, 0.29) is 28.3 Å². The van der Waals surface area contributed by atoms with Crippen LogP contribution in [-0.4, -0.2) is 35.9 Å². The number of hydrogen-bond acceptors (Lipinski definition) is 5. The molecule has 0 aromatic heterocycles. The summed E-state index contributed by atoms with van der Waals surface area (Å²) in [5.41, 5.74) is 0.194. The molecule has 1 heterocycles. The van der Waals surface area contributed by atoms with Crippen LogP contribution in [0.3, 0.4) is 0 Å². The molecule has 0 aliphatic carbocycles. The predicted octanol–water partition coefficient (Wildman–Crippen LogP) is 2.00. The Bertz CT molecular complexity index is 605. The second-order valence-corrected chi connectivity index (χ2v) is 6.07. The largest absolute Gasteiger partial charge is 0.465 e. The van der Waals surface area contributed by atoms with Gasteiger partial charge in [0.25, 0.3) is 0 Å². The summed E-state index contributed by atoms with van der Waals surface area (Å²) in [5.74, 6) is -1.68. The van der Waals surface area contributed by atoms with E-state index in [2.05, 4.69) is 4.74 Å². The van der Waals surface area contributed by atoms with Crippen molar-refractivity contribution in [3.05, 3.63) is 29.6 Å². The van der Waals surface area contributed by atoms with Crippen molar-refractivity contribution in [3.63, 3.8) is 0 Å². The van der Waals surface area contributed by atoms with Crippen LogP contribution in [0.25, 0.3) is 0 Å². The van der Waals surface area contributed by atoms with Crippen LogP contribution in [-0.2, 0) is 14.3 Å². The lowest BCUT2D eigenvalue weighted by atomic mass is 10.2. The van der Waals surface area contributed by atoms with Crippen molar-refractivity contribution in [1.29, 1.82) is 0 Å². The zero-order valence-electron chi connectivity index (χ0n) is 11.6. The summed E-state index contributed by atoms with van der Waals surface area (Å²) in [7, 11) is 1.17. The first-order valence-electron chi connectivity index (χ1n) is 6.28. The minimum absolute atomic E-state index is 0.0538. The molecule has 0 saturated carbocycles. The predicted molar refractivity (Wildman–Crippen MR) is 76.8 cm³/mol. The molecule has 2 rings (SSSR count).